The molecule has 2 aromatic heterocycles. The Labute approximate surface area is 216 Å². The Morgan fingerprint density at radius 2 is 1.79 bits per heavy atom. The van der Waals surface area contributed by atoms with Gasteiger partial charge in [0, 0.05) is 37.2 Å². The van der Waals surface area contributed by atoms with Gasteiger partial charge >= 0.3 is 0 Å². The second-order valence-corrected chi connectivity index (χ2v) is 7.88. The Hall–Kier alpha value is -5.05. The number of pyridine rings is 1. The molecule has 0 saturated heterocycles. The van der Waals surface area contributed by atoms with Crippen molar-refractivity contribution in [1.82, 2.24) is 25.2 Å². The fraction of sp³-hybridized carbons (Fsp3) is 0.154. The van der Waals surface area contributed by atoms with Crippen molar-refractivity contribution in [3.05, 3.63) is 94.3 Å². The van der Waals surface area contributed by atoms with Gasteiger partial charge in [-0.3, -0.25) is 9.36 Å². The first kappa shape index (κ1) is 27.5. The third kappa shape index (κ3) is 6.01. The molecule has 0 fully saturated rings. The third-order valence-corrected chi connectivity index (χ3v) is 5.40. The van der Waals surface area contributed by atoms with Gasteiger partial charge in [0.15, 0.2) is 11.8 Å². The maximum atomic E-state index is 14.7. The van der Waals surface area contributed by atoms with Crippen molar-refractivity contribution >= 4 is 17.0 Å². The number of nitrogens with two attached hydrogens (primary N) is 1. The minimum absolute atomic E-state index is 0.00492. The molecule has 2 aromatic carbocycles. The van der Waals surface area contributed by atoms with Gasteiger partial charge < -0.3 is 21.7 Å². The van der Waals surface area contributed by atoms with Crippen molar-refractivity contribution in [2.75, 3.05) is 25.5 Å². The Bertz CT molecular complexity index is 1560. The van der Waals surface area contributed by atoms with Gasteiger partial charge in [0.1, 0.15) is 23.1 Å². The zero-order valence-corrected chi connectivity index (χ0v) is 20.6. The molecular formula is C26H25F3N8O. The lowest BCUT2D eigenvalue weighted by molar-refractivity contribution is 0.568. The number of hydrogen-bond acceptors (Lipinski definition) is 8. The van der Waals surface area contributed by atoms with Crippen LogP contribution < -0.4 is 27.2 Å². The fourth-order valence-electron chi connectivity index (χ4n) is 3.69. The number of nitrogens with zero attached hydrogens (tertiary/aromatic N) is 4. The van der Waals surface area contributed by atoms with E-state index in [4.69, 9.17) is 5.26 Å². The molecular weight excluding hydrogens is 497 g/mol. The lowest BCUT2D eigenvalue weighted by Crippen LogP contribution is -2.27. The van der Waals surface area contributed by atoms with Crippen molar-refractivity contribution in [3.63, 3.8) is 0 Å². The van der Waals surface area contributed by atoms with Gasteiger partial charge in [-0.25, -0.2) is 18.2 Å². The summed E-state index contributed by atoms with van der Waals surface area (Å²) in [5, 5.41) is 16.4. The summed E-state index contributed by atoms with van der Waals surface area (Å²) >= 11 is 0. The summed E-state index contributed by atoms with van der Waals surface area (Å²) in [5.74, 6) is -1.49. The highest BCUT2D eigenvalue weighted by Crippen LogP contribution is 2.31. The molecule has 0 spiro atoms. The molecule has 38 heavy (non-hydrogen) atoms. The van der Waals surface area contributed by atoms with Gasteiger partial charge in [0.05, 0.1) is 11.5 Å². The highest BCUT2D eigenvalue weighted by molar-refractivity contribution is 5.93. The van der Waals surface area contributed by atoms with Crippen LogP contribution in [-0.4, -0.2) is 34.7 Å². The second kappa shape index (κ2) is 12.3. The number of nitrogens with one attached hydrogen (secondary N) is 3. The van der Waals surface area contributed by atoms with Crippen molar-refractivity contribution in [1.29, 1.82) is 5.26 Å². The summed E-state index contributed by atoms with van der Waals surface area (Å²) in [5.41, 5.74) is 4.51. The van der Waals surface area contributed by atoms with Gasteiger partial charge in [-0.15, -0.1) is 0 Å². The maximum absolute atomic E-state index is 14.7. The van der Waals surface area contributed by atoms with Gasteiger partial charge in [-0.05, 0) is 48.9 Å². The van der Waals surface area contributed by atoms with Crippen LogP contribution in [0.5, 0.6) is 0 Å². The Balaban J connectivity index is 0.00000127. The SMILES string of the molecule is C=C(NC)NCCNc1nc(-c2ccc(F)cc2C)c2ccc(=O)n(-c3c(F)cccc3F)c2n1.N#CN. The monoisotopic (exact) mass is 522 g/mol. The molecule has 0 aliphatic rings. The number of hydrogen-bond donors (Lipinski definition) is 4. The number of halogens is 3. The molecule has 0 saturated carbocycles. The number of aromatic nitrogens is 3. The Morgan fingerprint density at radius 1 is 1.11 bits per heavy atom. The molecule has 0 atom stereocenters. The molecule has 0 unspecified atom stereocenters. The van der Waals surface area contributed by atoms with E-state index < -0.39 is 28.7 Å². The van der Waals surface area contributed by atoms with E-state index in [2.05, 4.69) is 38.2 Å². The van der Waals surface area contributed by atoms with Crippen molar-refractivity contribution in [2.24, 2.45) is 5.73 Å². The Morgan fingerprint density at radius 3 is 2.42 bits per heavy atom. The minimum atomic E-state index is -0.915. The summed E-state index contributed by atoms with van der Waals surface area (Å²) in [6, 6.07) is 10.2. The molecule has 0 aliphatic heterocycles. The highest BCUT2D eigenvalue weighted by atomic mass is 19.1. The highest BCUT2D eigenvalue weighted by Gasteiger charge is 2.20. The van der Waals surface area contributed by atoms with E-state index in [1.807, 2.05) is 0 Å². The molecule has 0 radical (unpaired) electrons. The first-order valence-corrected chi connectivity index (χ1v) is 11.3. The molecule has 0 bridgehead atoms. The third-order valence-electron chi connectivity index (χ3n) is 5.40. The summed E-state index contributed by atoms with van der Waals surface area (Å²) in [6.45, 7) is 6.34. The van der Waals surface area contributed by atoms with Crippen molar-refractivity contribution in [3.8, 4) is 23.1 Å². The van der Waals surface area contributed by atoms with Gasteiger partial charge in [-0.1, -0.05) is 12.6 Å². The topological polar surface area (TPSA) is 134 Å². The standard InChI is InChI=1S/C25H23F3N6O.CH2N2/c1-14-13-16(26)7-8-17(14)22-18-9-10-21(35)34(23-19(27)5-4-6-20(23)28)24(18)33-25(32-22)31-12-11-30-15(2)29-3;2-1-3/h4-10,13,29-30H,2,11-12H2,1,3H3,(H,31,32,33);2H2. The van der Waals surface area contributed by atoms with E-state index in [-0.39, 0.29) is 11.6 Å². The fourth-order valence-corrected chi connectivity index (χ4v) is 3.69. The van der Waals surface area contributed by atoms with E-state index in [0.717, 1.165) is 16.7 Å². The first-order chi connectivity index (χ1) is 18.2. The van der Waals surface area contributed by atoms with Crippen molar-refractivity contribution in [2.45, 2.75) is 6.92 Å². The lowest BCUT2D eigenvalue weighted by atomic mass is 10.0. The van der Waals surface area contributed by atoms with Crippen molar-refractivity contribution < 1.29 is 13.2 Å². The van der Waals surface area contributed by atoms with Crippen LogP contribution in [0.1, 0.15) is 5.56 Å². The van der Waals surface area contributed by atoms with Gasteiger partial charge in [0.2, 0.25) is 5.95 Å². The molecule has 0 aliphatic carbocycles. The van der Waals surface area contributed by atoms with Crippen LogP contribution in [0.3, 0.4) is 0 Å². The zero-order chi connectivity index (χ0) is 27.8. The zero-order valence-electron chi connectivity index (χ0n) is 20.6. The van der Waals surface area contributed by atoms with E-state index >= 15 is 0 Å². The number of benzene rings is 2. The quantitative estimate of drug-likeness (QED) is 0.157. The Kier molecular flexibility index (Phi) is 8.89. The average Bonchev–Trinajstić information content (AvgIpc) is 2.87. The minimum Gasteiger partial charge on any atom is -0.375 e. The molecule has 2 heterocycles. The van der Waals surface area contributed by atoms with E-state index in [1.165, 1.54) is 36.5 Å². The second-order valence-electron chi connectivity index (χ2n) is 7.88. The van der Waals surface area contributed by atoms with E-state index in [9.17, 15) is 18.0 Å². The molecule has 4 rings (SSSR count). The molecule has 0 amide bonds. The number of nitriles is 1. The summed E-state index contributed by atoms with van der Waals surface area (Å²) in [6.07, 6.45) is 1.25. The summed E-state index contributed by atoms with van der Waals surface area (Å²) in [4.78, 5) is 21.9. The van der Waals surface area contributed by atoms with Crippen LogP contribution in [-0.2, 0) is 0 Å². The molecule has 196 valence electrons. The van der Waals surface area contributed by atoms with Crippen LogP contribution >= 0.6 is 0 Å². The largest absolute Gasteiger partial charge is 0.375 e. The van der Waals surface area contributed by atoms with Crippen LogP contribution in [0.2, 0.25) is 0 Å². The predicted octanol–water partition coefficient (Wildman–Crippen LogP) is 3.29. The molecule has 12 heteroatoms. The number of anilines is 1. The number of fused-ring (bicyclic) bond motifs is 1. The predicted molar refractivity (Wildman–Crippen MR) is 140 cm³/mol. The number of aryl methyl sites for hydroxylation is 1. The number of rotatable bonds is 8. The van der Waals surface area contributed by atoms with Crippen LogP contribution in [0, 0.1) is 35.8 Å². The summed E-state index contributed by atoms with van der Waals surface area (Å²) in [7, 11) is 1.73. The van der Waals surface area contributed by atoms with Gasteiger partial charge in [0.25, 0.3) is 5.56 Å². The molecule has 4 aromatic rings. The average molecular weight is 523 g/mol. The van der Waals surface area contributed by atoms with Gasteiger partial charge in [-0.2, -0.15) is 10.2 Å². The van der Waals surface area contributed by atoms with Crippen LogP contribution in [0.15, 0.2) is 65.7 Å². The van der Waals surface area contributed by atoms with Crippen LogP contribution in [0.25, 0.3) is 28.0 Å². The molecule has 5 N–H and O–H groups in total. The normalized spacial score (nSPS) is 10.2. The first-order valence-electron chi connectivity index (χ1n) is 11.3. The molecule has 9 nitrogen and oxygen atoms in total. The maximum Gasteiger partial charge on any atom is 0.256 e. The van der Waals surface area contributed by atoms with E-state index in [0.29, 0.717) is 41.1 Å². The smallest absolute Gasteiger partial charge is 0.256 e. The lowest BCUT2D eigenvalue weighted by Gasteiger charge is -2.16. The number of para-hydroxylation sites is 1. The van der Waals surface area contributed by atoms with Crippen LogP contribution in [0.4, 0.5) is 19.1 Å². The summed E-state index contributed by atoms with van der Waals surface area (Å²) < 4.78 is 44.1. The van der Waals surface area contributed by atoms with E-state index in [1.54, 1.807) is 20.0 Å².